The molecule has 5 nitrogen and oxygen atoms in total. The van der Waals surface area contributed by atoms with Crippen LogP contribution in [-0.2, 0) is 12.0 Å². The number of anilines is 1. The van der Waals surface area contributed by atoms with E-state index in [2.05, 4.69) is 29.1 Å². The van der Waals surface area contributed by atoms with Crippen LogP contribution in [0.3, 0.4) is 0 Å². The second-order valence-electron chi connectivity index (χ2n) is 5.30. The molecule has 2 rings (SSSR count). The average molecular weight is 260 g/mol. The molecule has 0 aliphatic carbocycles. The Labute approximate surface area is 113 Å². The first-order chi connectivity index (χ1) is 8.97. The Kier molecular flexibility index (Phi) is 3.85. The summed E-state index contributed by atoms with van der Waals surface area (Å²) >= 11 is 0. The average Bonchev–Trinajstić information content (AvgIpc) is 2.76. The molecule has 0 bridgehead atoms. The van der Waals surface area contributed by atoms with Gasteiger partial charge in [0, 0.05) is 18.2 Å². The molecule has 0 atom stereocenters. The van der Waals surface area contributed by atoms with Crippen molar-refractivity contribution in [2.24, 2.45) is 0 Å². The van der Waals surface area contributed by atoms with Crippen molar-refractivity contribution >= 4 is 5.82 Å². The second kappa shape index (κ2) is 5.40. The summed E-state index contributed by atoms with van der Waals surface area (Å²) in [6.07, 6.45) is 1.67. The number of hydrogen-bond donors (Lipinski definition) is 2. The summed E-state index contributed by atoms with van der Waals surface area (Å²) < 4.78 is 5.68. The van der Waals surface area contributed by atoms with Gasteiger partial charge in [0.25, 0.3) is 0 Å². The maximum absolute atomic E-state index is 5.68. The van der Waals surface area contributed by atoms with Crippen LogP contribution in [0, 0.1) is 6.92 Å². The van der Waals surface area contributed by atoms with Gasteiger partial charge in [-0.15, -0.1) is 0 Å². The topological polar surface area (TPSA) is 77.0 Å². The summed E-state index contributed by atoms with van der Waals surface area (Å²) in [5.41, 5.74) is 5.54. The van der Waals surface area contributed by atoms with Gasteiger partial charge in [-0.2, -0.15) is 0 Å². The maximum Gasteiger partial charge on any atom is 0.144 e. The molecule has 102 valence electrons. The lowest BCUT2D eigenvalue weighted by Gasteiger charge is -2.22. The molecule has 0 saturated carbocycles. The fraction of sp³-hybridized carbons (Fsp3) is 0.429. The van der Waals surface area contributed by atoms with Crippen molar-refractivity contribution in [3.05, 3.63) is 41.7 Å². The van der Waals surface area contributed by atoms with Crippen LogP contribution in [0.2, 0.25) is 0 Å². The smallest absolute Gasteiger partial charge is 0.144 e. The van der Waals surface area contributed by atoms with Crippen LogP contribution in [0.25, 0.3) is 0 Å². The molecule has 5 heteroatoms. The third-order valence-corrected chi connectivity index (χ3v) is 2.98. The van der Waals surface area contributed by atoms with Crippen LogP contribution in [0.4, 0.5) is 5.82 Å². The van der Waals surface area contributed by atoms with Crippen LogP contribution in [-0.4, -0.2) is 16.5 Å². The monoisotopic (exact) mass is 260 g/mol. The first-order valence-corrected chi connectivity index (χ1v) is 6.32. The standard InChI is InChI=1S/C14H20N4O/c1-10-4-5-11(19-10)14(2,3)9-16-8-13-17-7-6-12(15)18-13/h4-7,16H,8-9H2,1-3H3,(H2,15,17,18). The maximum atomic E-state index is 5.68. The molecule has 0 radical (unpaired) electrons. The van der Waals surface area contributed by atoms with E-state index < -0.39 is 0 Å². The molecule has 19 heavy (non-hydrogen) atoms. The van der Waals surface area contributed by atoms with Crippen molar-refractivity contribution in [1.29, 1.82) is 0 Å². The van der Waals surface area contributed by atoms with Crippen LogP contribution in [0.1, 0.15) is 31.2 Å². The lowest BCUT2D eigenvalue weighted by Crippen LogP contribution is -2.32. The minimum atomic E-state index is -0.0748. The Bertz CT molecular complexity index is 548. The Morgan fingerprint density at radius 2 is 2.11 bits per heavy atom. The van der Waals surface area contributed by atoms with Gasteiger partial charge >= 0.3 is 0 Å². The molecule has 3 N–H and O–H groups in total. The number of aryl methyl sites for hydroxylation is 1. The Hall–Kier alpha value is -1.88. The van der Waals surface area contributed by atoms with Gasteiger partial charge in [-0.25, -0.2) is 9.97 Å². The van der Waals surface area contributed by atoms with E-state index in [1.165, 1.54) is 0 Å². The molecular formula is C14H20N4O. The quantitative estimate of drug-likeness (QED) is 0.860. The number of nitrogens with zero attached hydrogens (tertiary/aromatic N) is 2. The molecular weight excluding hydrogens is 240 g/mol. The molecule has 0 aliphatic rings. The van der Waals surface area contributed by atoms with Crippen LogP contribution in [0.15, 0.2) is 28.8 Å². The van der Waals surface area contributed by atoms with Gasteiger partial charge in [0.05, 0.1) is 6.54 Å². The Balaban J connectivity index is 1.91. The number of furan rings is 1. The van der Waals surface area contributed by atoms with E-state index in [0.29, 0.717) is 18.2 Å². The summed E-state index contributed by atoms with van der Waals surface area (Å²) in [7, 11) is 0. The van der Waals surface area contributed by atoms with Crippen molar-refractivity contribution in [3.8, 4) is 0 Å². The van der Waals surface area contributed by atoms with E-state index >= 15 is 0 Å². The molecule has 2 aromatic heterocycles. The zero-order valence-electron chi connectivity index (χ0n) is 11.6. The normalized spacial score (nSPS) is 11.7. The molecule has 2 heterocycles. The van der Waals surface area contributed by atoms with Gasteiger partial charge in [0.2, 0.25) is 0 Å². The van der Waals surface area contributed by atoms with Gasteiger partial charge in [0.15, 0.2) is 0 Å². The minimum Gasteiger partial charge on any atom is -0.466 e. The SMILES string of the molecule is Cc1ccc(C(C)(C)CNCc2nccc(N)n2)o1. The molecule has 0 saturated heterocycles. The van der Waals surface area contributed by atoms with E-state index in [-0.39, 0.29) is 5.41 Å². The number of nitrogens with two attached hydrogens (primary N) is 1. The molecule has 2 aromatic rings. The number of rotatable bonds is 5. The highest BCUT2D eigenvalue weighted by molar-refractivity contribution is 5.25. The minimum absolute atomic E-state index is 0.0748. The summed E-state index contributed by atoms with van der Waals surface area (Å²) in [6, 6.07) is 5.69. The third-order valence-electron chi connectivity index (χ3n) is 2.98. The highest BCUT2D eigenvalue weighted by Crippen LogP contribution is 2.24. The molecule has 0 aliphatic heterocycles. The fourth-order valence-corrected chi connectivity index (χ4v) is 1.87. The van der Waals surface area contributed by atoms with E-state index in [4.69, 9.17) is 10.2 Å². The number of hydrogen-bond acceptors (Lipinski definition) is 5. The predicted molar refractivity (Wildman–Crippen MR) is 74.6 cm³/mol. The van der Waals surface area contributed by atoms with Crippen molar-refractivity contribution in [1.82, 2.24) is 15.3 Å². The van der Waals surface area contributed by atoms with Gasteiger partial charge in [-0.3, -0.25) is 0 Å². The molecule has 0 spiro atoms. The first-order valence-electron chi connectivity index (χ1n) is 6.32. The summed E-state index contributed by atoms with van der Waals surface area (Å²) in [5.74, 6) is 3.10. The molecule has 0 fully saturated rings. The highest BCUT2D eigenvalue weighted by atomic mass is 16.3. The second-order valence-corrected chi connectivity index (χ2v) is 5.30. The molecule has 0 amide bonds. The zero-order chi connectivity index (χ0) is 13.9. The number of aromatic nitrogens is 2. The highest BCUT2D eigenvalue weighted by Gasteiger charge is 2.23. The third kappa shape index (κ3) is 3.54. The van der Waals surface area contributed by atoms with Crippen molar-refractivity contribution in [2.45, 2.75) is 32.7 Å². The van der Waals surface area contributed by atoms with Crippen molar-refractivity contribution in [3.63, 3.8) is 0 Å². The Morgan fingerprint density at radius 3 is 2.74 bits per heavy atom. The van der Waals surface area contributed by atoms with Crippen LogP contribution < -0.4 is 11.1 Å². The van der Waals surface area contributed by atoms with Crippen molar-refractivity contribution in [2.75, 3.05) is 12.3 Å². The van der Waals surface area contributed by atoms with Crippen molar-refractivity contribution < 1.29 is 4.42 Å². The lowest BCUT2D eigenvalue weighted by molar-refractivity contribution is 0.356. The van der Waals surface area contributed by atoms with E-state index in [9.17, 15) is 0 Å². The van der Waals surface area contributed by atoms with Gasteiger partial charge in [-0.05, 0) is 25.1 Å². The zero-order valence-corrected chi connectivity index (χ0v) is 11.6. The van der Waals surface area contributed by atoms with Crippen LogP contribution >= 0.6 is 0 Å². The van der Waals surface area contributed by atoms with E-state index in [1.807, 2.05) is 19.1 Å². The Morgan fingerprint density at radius 1 is 1.32 bits per heavy atom. The first kappa shape index (κ1) is 13.5. The fourth-order valence-electron chi connectivity index (χ4n) is 1.87. The van der Waals surface area contributed by atoms with Gasteiger partial charge in [-0.1, -0.05) is 13.8 Å². The number of nitrogen functional groups attached to an aromatic ring is 1. The molecule has 0 unspecified atom stereocenters. The van der Waals surface area contributed by atoms with E-state index in [0.717, 1.165) is 18.1 Å². The summed E-state index contributed by atoms with van der Waals surface area (Å²) in [6.45, 7) is 7.59. The predicted octanol–water partition coefficient (Wildman–Crippen LogP) is 2.03. The largest absolute Gasteiger partial charge is 0.466 e. The van der Waals surface area contributed by atoms with E-state index in [1.54, 1.807) is 12.3 Å². The van der Waals surface area contributed by atoms with Gasteiger partial charge in [0.1, 0.15) is 23.2 Å². The molecule has 0 aromatic carbocycles. The number of nitrogens with one attached hydrogen (secondary N) is 1. The van der Waals surface area contributed by atoms with Gasteiger partial charge < -0.3 is 15.5 Å². The summed E-state index contributed by atoms with van der Waals surface area (Å²) in [4.78, 5) is 8.31. The van der Waals surface area contributed by atoms with Crippen LogP contribution in [0.5, 0.6) is 0 Å². The summed E-state index contributed by atoms with van der Waals surface area (Å²) in [5, 5.41) is 3.34. The lowest BCUT2D eigenvalue weighted by atomic mass is 9.90.